The Hall–Kier alpha value is -1.71. The van der Waals surface area contributed by atoms with Crippen LogP contribution in [0.4, 0.5) is 0 Å². The number of hydrogen-bond acceptors (Lipinski definition) is 4. The van der Waals surface area contributed by atoms with Crippen molar-refractivity contribution in [1.82, 2.24) is 0 Å². The Morgan fingerprint density at radius 1 is 1.41 bits per heavy atom. The number of esters is 1. The Bertz CT molecular complexity index is 387. The summed E-state index contributed by atoms with van der Waals surface area (Å²) in [6.45, 7) is 4.48. The van der Waals surface area contributed by atoms with Crippen molar-refractivity contribution in [2.75, 3.05) is 6.61 Å². The predicted molar refractivity (Wildman–Crippen MR) is 64.1 cm³/mol. The Labute approximate surface area is 101 Å². The van der Waals surface area contributed by atoms with E-state index in [-0.39, 0.29) is 17.1 Å². The first kappa shape index (κ1) is 13.4. The summed E-state index contributed by atoms with van der Waals surface area (Å²) in [4.78, 5) is 11.6. The van der Waals surface area contributed by atoms with Crippen LogP contribution in [0, 0.1) is 5.92 Å². The average molecular weight is 238 g/mol. The standard InChI is InChI=1S/C13H18O4/c1-3-9(2)6-7-17-13(16)11-8-10(14)4-5-12(11)15/h4-5,8-9,14-15H,3,6-7H2,1-2H3. The summed E-state index contributed by atoms with van der Waals surface area (Å²) in [5.74, 6) is -0.365. The van der Waals surface area contributed by atoms with Gasteiger partial charge in [0.1, 0.15) is 17.1 Å². The van der Waals surface area contributed by atoms with Crippen LogP contribution in [0.1, 0.15) is 37.0 Å². The van der Waals surface area contributed by atoms with E-state index in [1.54, 1.807) is 0 Å². The van der Waals surface area contributed by atoms with E-state index < -0.39 is 5.97 Å². The van der Waals surface area contributed by atoms with E-state index in [9.17, 15) is 15.0 Å². The molecule has 0 aliphatic carbocycles. The Morgan fingerprint density at radius 3 is 2.76 bits per heavy atom. The van der Waals surface area contributed by atoms with E-state index in [1.165, 1.54) is 18.2 Å². The molecule has 1 unspecified atom stereocenters. The van der Waals surface area contributed by atoms with E-state index in [0.717, 1.165) is 12.8 Å². The summed E-state index contributed by atoms with van der Waals surface area (Å²) in [6.07, 6.45) is 1.83. The lowest BCUT2D eigenvalue weighted by atomic mass is 10.1. The topological polar surface area (TPSA) is 66.8 Å². The number of aromatic hydroxyl groups is 2. The highest BCUT2D eigenvalue weighted by atomic mass is 16.5. The third-order valence-electron chi connectivity index (χ3n) is 2.74. The van der Waals surface area contributed by atoms with E-state index >= 15 is 0 Å². The van der Waals surface area contributed by atoms with Gasteiger partial charge < -0.3 is 14.9 Å². The molecule has 0 saturated carbocycles. The molecule has 4 nitrogen and oxygen atoms in total. The van der Waals surface area contributed by atoms with Gasteiger partial charge >= 0.3 is 5.97 Å². The van der Waals surface area contributed by atoms with Crippen molar-refractivity contribution in [2.24, 2.45) is 5.92 Å². The normalized spacial score (nSPS) is 12.1. The van der Waals surface area contributed by atoms with Gasteiger partial charge in [-0.1, -0.05) is 20.3 Å². The van der Waals surface area contributed by atoms with Gasteiger partial charge in [-0.15, -0.1) is 0 Å². The van der Waals surface area contributed by atoms with E-state index in [1.807, 2.05) is 0 Å². The van der Waals surface area contributed by atoms with Crippen molar-refractivity contribution < 1.29 is 19.7 Å². The highest BCUT2D eigenvalue weighted by molar-refractivity contribution is 5.92. The minimum absolute atomic E-state index is 0.00542. The number of benzene rings is 1. The number of ether oxygens (including phenoxy) is 1. The maximum absolute atomic E-state index is 11.6. The quantitative estimate of drug-likeness (QED) is 0.611. The van der Waals surface area contributed by atoms with Gasteiger partial charge in [-0.2, -0.15) is 0 Å². The van der Waals surface area contributed by atoms with Gasteiger partial charge in [-0.05, 0) is 30.5 Å². The molecule has 0 spiro atoms. The van der Waals surface area contributed by atoms with Crippen molar-refractivity contribution in [3.8, 4) is 11.5 Å². The second-order valence-electron chi connectivity index (χ2n) is 4.14. The second-order valence-corrected chi connectivity index (χ2v) is 4.14. The summed E-state index contributed by atoms with van der Waals surface area (Å²) < 4.78 is 5.03. The molecule has 0 aliphatic heterocycles. The molecule has 1 atom stereocenters. The molecule has 0 fully saturated rings. The van der Waals surface area contributed by atoms with Crippen molar-refractivity contribution in [3.05, 3.63) is 23.8 Å². The number of phenols is 2. The number of carbonyl (C=O) groups is 1. The molecule has 0 bridgehead atoms. The smallest absolute Gasteiger partial charge is 0.342 e. The third kappa shape index (κ3) is 3.98. The first-order chi connectivity index (χ1) is 8.04. The maximum atomic E-state index is 11.6. The SMILES string of the molecule is CCC(C)CCOC(=O)c1cc(O)ccc1O. The molecule has 0 radical (unpaired) electrons. The fourth-order valence-electron chi connectivity index (χ4n) is 1.32. The van der Waals surface area contributed by atoms with Crippen LogP contribution in [0.2, 0.25) is 0 Å². The summed E-state index contributed by atoms with van der Waals surface area (Å²) in [5.41, 5.74) is -0.00542. The van der Waals surface area contributed by atoms with Crippen LogP contribution in [0.25, 0.3) is 0 Å². The highest BCUT2D eigenvalue weighted by Crippen LogP contribution is 2.22. The zero-order valence-corrected chi connectivity index (χ0v) is 10.1. The molecule has 4 heteroatoms. The summed E-state index contributed by atoms with van der Waals surface area (Å²) in [7, 11) is 0. The van der Waals surface area contributed by atoms with Crippen LogP contribution in [0.5, 0.6) is 11.5 Å². The Morgan fingerprint density at radius 2 is 2.12 bits per heavy atom. The highest BCUT2D eigenvalue weighted by Gasteiger charge is 2.13. The molecule has 0 saturated heterocycles. The van der Waals surface area contributed by atoms with Gasteiger partial charge in [-0.25, -0.2) is 4.79 Å². The molecule has 0 aromatic heterocycles. The van der Waals surface area contributed by atoms with Crippen molar-refractivity contribution in [1.29, 1.82) is 0 Å². The minimum Gasteiger partial charge on any atom is -0.508 e. The van der Waals surface area contributed by atoms with Crippen LogP contribution in [-0.2, 0) is 4.74 Å². The number of phenolic OH excluding ortho intramolecular Hbond substituents is 2. The maximum Gasteiger partial charge on any atom is 0.342 e. The fourth-order valence-corrected chi connectivity index (χ4v) is 1.32. The van der Waals surface area contributed by atoms with Gasteiger partial charge in [-0.3, -0.25) is 0 Å². The van der Waals surface area contributed by atoms with Crippen LogP contribution < -0.4 is 0 Å². The van der Waals surface area contributed by atoms with Gasteiger partial charge in [0.05, 0.1) is 6.61 Å². The van der Waals surface area contributed by atoms with Crippen LogP contribution in [-0.4, -0.2) is 22.8 Å². The average Bonchev–Trinajstić information content (AvgIpc) is 2.31. The first-order valence-corrected chi connectivity index (χ1v) is 5.73. The third-order valence-corrected chi connectivity index (χ3v) is 2.74. The monoisotopic (exact) mass is 238 g/mol. The van der Waals surface area contributed by atoms with Crippen molar-refractivity contribution in [2.45, 2.75) is 26.7 Å². The molecule has 94 valence electrons. The van der Waals surface area contributed by atoms with Gasteiger partial charge in [0.25, 0.3) is 0 Å². The lowest BCUT2D eigenvalue weighted by Crippen LogP contribution is -2.09. The number of carbonyl (C=O) groups excluding carboxylic acids is 1. The summed E-state index contributed by atoms with van der Waals surface area (Å²) >= 11 is 0. The van der Waals surface area contributed by atoms with E-state index in [2.05, 4.69) is 13.8 Å². The minimum atomic E-state index is -0.610. The van der Waals surface area contributed by atoms with Gasteiger partial charge in [0.15, 0.2) is 0 Å². The summed E-state index contributed by atoms with van der Waals surface area (Å²) in [6, 6.07) is 3.77. The Kier molecular flexibility index (Phi) is 4.82. The van der Waals surface area contributed by atoms with Gasteiger partial charge in [0.2, 0.25) is 0 Å². The zero-order chi connectivity index (χ0) is 12.8. The van der Waals surface area contributed by atoms with Gasteiger partial charge in [0, 0.05) is 0 Å². The zero-order valence-electron chi connectivity index (χ0n) is 10.1. The molecule has 1 aromatic carbocycles. The lowest BCUT2D eigenvalue weighted by Gasteiger charge is -2.09. The molecular weight excluding hydrogens is 220 g/mol. The molecular formula is C13H18O4. The lowest BCUT2D eigenvalue weighted by molar-refractivity contribution is 0.0481. The van der Waals surface area contributed by atoms with E-state index in [4.69, 9.17) is 4.74 Å². The number of rotatable bonds is 5. The largest absolute Gasteiger partial charge is 0.508 e. The second kappa shape index (κ2) is 6.13. The summed E-state index contributed by atoms with van der Waals surface area (Å²) in [5, 5.41) is 18.7. The van der Waals surface area contributed by atoms with Crippen molar-refractivity contribution in [3.63, 3.8) is 0 Å². The molecule has 1 aromatic rings. The van der Waals surface area contributed by atoms with Crippen LogP contribution in [0.15, 0.2) is 18.2 Å². The molecule has 1 rings (SSSR count). The number of hydrogen-bond donors (Lipinski definition) is 2. The first-order valence-electron chi connectivity index (χ1n) is 5.73. The van der Waals surface area contributed by atoms with Crippen LogP contribution in [0.3, 0.4) is 0 Å². The van der Waals surface area contributed by atoms with Crippen LogP contribution >= 0.6 is 0 Å². The van der Waals surface area contributed by atoms with Crippen molar-refractivity contribution >= 4 is 5.97 Å². The van der Waals surface area contributed by atoms with E-state index in [0.29, 0.717) is 12.5 Å². The molecule has 0 amide bonds. The Balaban J connectivity index is 2.55. The molecule has 2 N–H and O–H groups in total. The molecule has 0 heterocycles. The molecule has 17 heavy (non-hydrogen) atoms. The molecule has 0 aliphatic rings. The predicted octanol–water partition coefficient (Wildman–Crippen LogP) is 2.69. The fraction of sp³-hybridized carbons (Fsp3) is 0.462.